The van der Waals surface area contributed by atoms with Gasteiger partial charge in [0, 0.05) is 12.8 Å². The quantitative estimate of drug-likeness (QED) is 0.564. The largest absolute Gasteiger partial charge is 0.390 e. The second-order valence-corrected chi connectivity index (χ2v) is 4.45. The SMILES string of the molecule is O=C1C[C@@]2(C[C@@H]2O)OCC12CC2. The fourth-order valence-electron chi connectivity index (χ4n) is 2.06. The Morgan fingerprint density at radius 3 is 2.58 bits per heavy atom. The molecule has 3 heteroatoms. The van der Waals surface area contributed by atoms with E-state index in [4.69, 9.17) is 4.74 Å². The molecule has 3 rings (SSSR count). The molecule has 0 aromatic rings. The molecule has 2 spiro atoms. The second kappa shape index (κ2) is 1.75. The molecule has 1 aliphatic heterocycles. The van der Waals surface area contributed by atoms with Crippen LogP contribution in [0.3, 0.4) is 0 Å². The summed E-state index contributed by atoms with van der Waals surface area (Å²) in [5, 5.41) is 9.27. The molecular weight excluding hydrogens is 156 g/mol. The van der Waals surface area contributed by atoms with Crippen molar-refractivity contribution in [2.24, 2.45) is 5.41 Å². The van der Waals surface area contributed by atoms with Gasteiger partial charge < -0.3 is 9.84 Å². The lowest BCUT2D eigenvalue weighted by molar-refractivity contribution is -0.143. The number of carbonyl (C=O) groups is 1. The third-order valence-corrected chi connectivity index (χ3v) is 3.53. The number of ketones is 1. The Bertz CT molecular complexity index is 256. The molecule has 2 aliphatic carbocycles. The average Bonchev–Trinajstić information content (AvgIpc) is 2.87. The molecule has 1 heterocycles. The standard InChI is InChI=1S/C9H12O3/c10-6-3-9(4-7(9)11)12-5-8(6)1-2-8/h7,11H,1-5H2/t7-,9-/m0/s1. The molecule has 12 heavy (non-hydrogen) atoms. The summed E-state index contributed by atoms with van der Waals surface area (Å²) in [4.78, 5) is 11.6. The maximum absolute atomic E-state index is 11.6. The van der Waals surface area contributed by atoms with Crippen LogP contribution in [0.2, 0.25) is 0 Å². The van der Waals surface area contributed by atoms with E-state index in [0.717, 1.165) is 12.8 Å². The minimum Gasteiger partial charge on any atom is -0.390 e. The van der Waals surface area contributed by atoms with Crippen LogP contribution in [0.15, 0.2) is 0 Å². The molecule has 2 saturated carbocycles. The van der Waals surface area contributed by atoms with Gasteiger partial charge in [-0.05, 0) is 12.8 Å². The lowest BCUT2D eigenvalue weighted by atomic mass is 9.93. The molecule has 0 amide bonds. The van der Waals surface area contributed by atoms with Crippen molar-refractivity contribution in [1.29, 1.82) is 0 Å². The molecule has 3 fully saturated rings. The Hall–Kier alpha value is -0.410. The number of Topliss-reactive ketones (excluding diaryl/α,β-unsaturated/α-hetero) is 1. The molecule has 3 aliphatic rings. The van der Waals surface area contributed by atoms with Crippen LogP contribution < -0.4 is 0 Å². The predicted molar refractivity (Wildman–Crippen MR) is 40.6 cm³/mol. The van der Waals surface area contributed by atoms with Gasteiger partial charge in [0.15, 0.2) is 0 Å². The van der Waals surface area contributed by atoms with Gasteiger partial charge in [0.2, 0.25) is 0 Å². The normalized spacial score (nSPS) is 48.4. The van der Waals surface area contributed by atoms with Crippen molar-refractivity contribution in [2.45, 2.75) is 37.4 Å². The molecule has 0 radical (unpaired) electrons. The van der Waals surface area contributed by atoms with Crippen LogP contribution in [0.5, 0.6) is 0 Å². The van der Waals surface area contributed by atoms with E-state index < -0.39 is 5.60 Å². The Morgan fingerprint density at radius 1 is 1.50 bits per heavy atom. The van der Waals surface area contributed by atoms with Gasteiger partial charge in [-0.2, -0.15) is 0 Å². The Kier molecular flexibility index (Phi) is 1.03. The minimum atomic E-state index is -0.440. The fraction of sp³-hybridized carbons (Fsp3) is 0.889. The highest BCUT2D eigenvalue weighted by atomic mass is 16.5. The highest BCUT2D eigenvalue weighted by Crippen LogP contribution is 2.57. The van der Waals surface area contributed by atoms with E-state index in [1.54, 1.807) is 0 Å². The van der Waals surface area contributed by atoms with E-state index in [9.17, 15) is 9.90 Å². The summed E-state index contributed by atoms with van der Waals surface area (Å²) in [5.41, 5.74) is -0.543. The molecule has 1 saturated heterocycles. The summed E-state index contributed by atoms with van der Waals surface area (Å²) in [6, 6.07) is 0. The van der Waals surface area contributed by atoms with Gasteiger partial charge in [0.1, 0.15) is 11.4 Å². The fourth-order valence-corrected chi connectivity index (χ4v) is 2.06. The lowest BCUT2D eigenvalue weighted by Crippen LogP contribution is -2.38. The van der Waals surface area contributed by atoms with Gasteiger partial charge in [-0.25, -0.2) is 0 Å². The van der Waals surface area contributed by atoms with Gasteiger partial charge in [-0.15, -0.1) is 0 Å². The molecule has 0 aromatic carbocycles. The molecule has 0 unspecified atom stereocenters. The van der Waals surface area contributed by atoms with E-state index in [1.165, 1.54) is 0 Å². The van der Waals surface area contributed by atoms with E-state index in [-0.39, 0.29) is 11.5 Å². The van der Waals surface area contributed by atoms with Crippen LogP contribution in [0.25, 0.3) is 0 Å². The van der Waals surface area contributed by atoms with E-state index in [0.29, 0.717) is 25.2 Å². The van der Waals surface area contributed by atoms with E-state index >= 15 is 0 Å². The molecule has 1 N–H and O–H groups in total. The van der Waals surface area contributed by atoms with Crippen molar-refractivity contribution in [1.82, 2.24) is 0 Å². The number of aliphatic hydroxyl groups excluding tert-OH is 1. The number of hydrogen-bond acceptors (Lipinski definition) is 3. The first-order valence-corrected chi connectivity index (χ1v) is 4.52. The van der Waals surface area contributed by atoms with E-state index in [1.807, 2.05) is 0 Å². The van der Waals surface area contributed by atoms with Crippen molar-refractivity contribution in [3.63, 3.8) is 0 Å². The summed E-state index contributed by atoms with van der Waals surface area (Å²) >= 11 is 0. The Labute approximate surface area is 70.7 Å². The predicted octanol–water partition coefficient (Wildman–Crippen LogP) is 0.259. The topological polar surface area (TPSA) is 46.5 Å². The van der Waals surface area contributed by atoms with Gasteiger partial charge in [-0.3, -0.25) is 4.79 Å². The van der Waals surface area contributed by atoms with Crippen LogP contribution in [0, 0.1) is 5.41 Å². The summed E-state index contributed by atoms with van der Waals surface area (Å²) in [5.74, 6) is 0.324. The van der Waals surface area contributed by atoms with Crippen LogP contribution >= 0.6 is 0 Å². The summed E-state index contributed by atoms with van der Waals surface area (Å²) in [7, 11) is 0. The molecule has 0 aromatic heterocycles. The van der Waals surface area contributed by atoms with Crippen molar-refractivity contribution < 1.29 is 14.6 Å². The number of rotatable bonds is 0. The molecule has 3 nitrogen and oxygen atoms in total. The zero-order valence-corrected chi connectivity index (χ0v) is 6.88. The van der Waals surface area contributed by atoms with Crippen LogP contribution in [-0.2, 0) is 9.53 Å². The van der Waals surface area contributed by atoms with Crippen molar-refractivity contribution in [2.75, 3.05) is 6.61 Å². The summed E-state index contributed by atoms with van der Waals surface area (Å²) in [6.45, 7) is 0.558. The zero-order chi connectivity index (χ0) is 8.40. The lowest BCUT2D eigenvalue weighted by Gasteiger charge is -2.27. The highest BCUT2D eigenvalue weighted by molar-refractivity contribution is 5.89. The van der Waals surface area contributed by atoms with Gasteiger partial charge in [0.25, 0.3) is 0 Å². The van der Waals surface area contributed by atoms with Crippen LogP contribution in [-0.4, -0.2) is 29.2 Å². The number of carbonyl (C=O) groups excluding carboxylic acids is 1. The van der Waals surface area contributed by atoms with Crippen LogP contribution in [0.1, 0.15) is 25.7 Å². The van der Waals surface area contributed by atoms with Crippen molar-refractivity contribution in [3.8, 4) is 0 Å². The minimum absolute atomic E-state index is 0.104. The first-order chi connectivity index (χ1) is 5.67. The first kappa shape index (κ1) is 7.04. The highest BCUT2D eigenvalue weighted by Gasteiger charge is 2.65. The summed E-state index contributed by atoms with van der Waals surface area (Å²) in [6.07, 6.45) is 2.73. The third kappa shape index (κ3) is 0.709. The maximum atomic E-state index is 11.6. The average molecular weight is 168 g/mol. The number of hydrogen-bond donors (Lipinski definition) is 1. The van der Waals surface area contributed by atoms with Gasteiger partial charge in [0.05, 0.1) is 18.1 Å². The zero-order valence-electron chi connectivity index (χ0n) is 6.88. The van der Waals surface area contributed by atoms with Crippen molar-refractivity contribution >= 4 is 5.78 Å². The molecule has 66 valence electrons. The Balaban J connectivity index is 1.80. The number of ether oxygens (including phenoxy) is 1. The maximum Gasteiger partial charge on any atom is 0.144 e. The molecule has 0 bridgehead atoms. The summed E-state index contributed by atoms with van der Waals surface area (Å²) < 4.78 is 5.57. The molecule has 2 atom stereocenters. The smallest absolute Gasteiger partial charge is 0.144 e. The number of aliphatic hydroxyl groups is 1. The van der Waals surface area contributed by atoms with E-state index in [2.05, 4.69) is 0 Å². The van der Waals surface area contributed by atoms with Gasteiger partial charge in [-0.1, -0.05) is 0 Å². The monoisotopic (exact) mass is 168 g/mol. The molecular formula is C9H12O3. The van der Waals surface area contributed by atoms with Crippen LogP contribution in [0.4, 0.5) is 0 Å². The van der Waals surface area contributed by atoms with Crippen molar-refractivity contribution in [3.05, 3.63) is 0 Å². The second-order valence-electron chi connectivity index (χ2n) is 4.45. The third-order valence-electron chi connectivity index (χ3n) is 3.53. The first-order valence-electron chi connectivity index (χ1n) is 4.52. The Morgan fingerprint density at radius 2 is 2.17 bits per heavy atom. The van der Waals surface area contributed by atoms with Gasteiger partial charge >= 0.3 is 0 Å².